The summed E-state index contributed by atoms with van der Waals surface area (Å²) in [5.74, 6) is 1.22. The number of methoxy groups -OCH3 is 1. The van der Waals surface area contributed by atoms with Crippen LogP contribution < -0.4 is 14.5 Å². The Hall–Kier alpha value is -3.32. The van der Waals surface area contributed by atoms with Crippen LogP contribution in [0.4, 0.5) is 11.4 Å². The number of aliphatic hydroxyl groups is 1. The number of hydrogen-bond acceptors (Lipinski definition) is 6. The van der Waals surface area contributed by atoms with Gasteiger partial charge in [-0.1, -0.05) is 0 Å². The van der Waals surface area contributed by atoms with Gasteiger partial charge in [-0.3, -0.25) is 5.41 Å². The molecule has 1 atom stereocenters. The van der Waals surface area contributed by atoms with Crippen LogP contribution in [0.2, 0.25) is 0 Å². The molecule has 1 aliphatic heterocycles. The van der Waals surface area contributed by atoms with E-state index < -0.39 is 0 Å². The fourth-order valence-electron chi connectivity index (χ4n) is 3.52. The molecule has 30 heavy (non-hydrogen) atoms. The first kappa shape index (κ1) is 20.0. The van der Waals surface area contributed by atoms with Gasteiger partial charge < -0.3 is 19.6 Å². The molecule has 1 aromatic heterocycles. The van der Waals surface area contributed by atoms with Crippen molar-refractivity contribution in [3.8, 4) is 17.0 Å². The Bertz CT molecular complexity index is 1100. The summed E-state index contributed by atoms with van der Waals surface area (Å²) < 4.78 is 5.21. The summed E-state index contributed by atoms with van der Waals surface area (Å²) in [5, 5.41) is 22.2. The van der Waals surface area contributed by atoms with E-state index in [9.17, 15) is 5.11 Å². The third-order valence-corrected chi connectivity index (χ3v) is 6.12. The quantitative estimate of drug-likeness (QED) is 0.605. The molecule has 3 aromatic rings. The normalized spacial score (nSPS) is 16.3. The van der Waals surface area contributed by atoms with E-state index in [4.69, 9.17) is 15.1 Å². The summed E-state index contributed by atoms with van der Waals surface area (Å²) >= 11 is 1.43. The molecule has 2 aromatic carbocycles. The molecule has 2 N–H and O–H groups in total. The number of aliphatic hydroxyl groups excluding tert-OH is 1. The lowest BCUT2D eigenvalue weighted by Gasteiger charge is -2.25. The molecule has 1 unspecified atom stereocenters. The van der Waals surface area contributed by atoms with Gasteiger partial charge in [0.05, 0.1) is 24.4 Å². The highest BCUT2D eigenvalue weighted by atomic mass is 32.1. The molecule has 1 aliphatic rings. The smallest absolute Gasteiger partial charge is 0.139 e. The van der Waals surface area contributed by atoms with Crippen LogP contribution in [0.15, 0.2) is 59.7 Å². The van der Waals surface area contributed by atoms with Gasteiger partial charge in [-0.2, -0.15) is 0 Å². The number of thiazole rings is 1. The van der Waals surface area contributed by atoms with Crippen molar-refractivity contribution in [1.82, 2.24) is 4.98 Å². The number of aromatic nitrogens is 1. The fourth-order valence-corrected chi connectivity index (χ4v) is 4.41. The number of nitrogens with zero attached hydrogens (tertiary/aromatic N) is 3. The summed E-state index contributed by atoms with van der Waals surface area (Å²) in [4.78, 5) is 8.56. The average molecular weight is 421 g/mol. The molecule has 0 amide bonds. The lowest BCUT2D eigenvalue weighted by atomic mass is 10.1. The largest absolute Gasteiger partial charge is 0.509 e. The third kappa shape index (κ3) is 3.41. The SMILES string of the molecule is COc1ccc(-c2csc(C3=C(O)C(C)N(c4ccc(N(C)C)cc4)C3=N)n2)cc1. The molecular formula is C23H24N4O2S. The maximum absolute atomic E-state index is 10.8. The molecule has 0 saturated heterocycles. The Morgan fingerprint density at radius 1 is 1.10 bits per heavy atom. The highest BCUT2D eigenvalue weighted by Crippen LogP contribution is 2.38. The van der Waals surface area contributed by atoms with Gasteiger partial charge in [0.25, 0.3) is 0 Å². The van der Waals surface area contributed by atoms with Gasteiger partial charge in [0.15, 0.2) is 0 Å². The van der Waals surface area contributed by atoms with Crippen LogP contribution in [0.5, 0.6) is 5.75 Å². The molecule has 0 spiro atoms. The van der Waals surface area contributed by atoms with E-state index in [0.29, 0.717) is 10.6 Å². The van der Waals surface area contributed by atoms with E-state index in [-0.39, 0.29) is 17.6 Å². The molecule has 0 fully saturated rings. The zero-order chi connectivity index (χ0) is 21.4. The number of amidine groups is 1. The summed E-state index contributed by atoms with van der Waals surface area (Å²) in [6.45, 7) is 1.90. The van der Waals surface area contributed by atoms with Gasteiger partial charge in [0, 0.05) is 36.4 Å². The molecule has 0 bridgehead atoms. The molecule has 2 heterocycles. The Labute approximate surface area is 180 Å². The Morgan fingerprint density at radius 3 is 2.37 bits per heavy atom. The van der Waals surface area contributed by atoms with Crippen molar-refractivity contribution in [2.75, 3.05) is 31.0 Å². The van der Waals surface area contributed by atoms with Gasteiger partial charge in [0.2, 0.25) is 0 Å². The van der Waals surface area contributed by atoms with Crippen molar-refractivity contribution in [2.24, 2.45) is 0 Å². The van der Waals surface area contributed by atoms with Crippen LogP contribution in [0, 0.1) is 5.41 Å². The van der Waals surface area contributed by atoms with Gasteiger partial charge in [0.1, 0.15) is 22.4 Å². The number of hydrogen-bond donors (Lipinski definition) is 2. The van der Waals surface area contributed by atoms with Crippen molar-refractivity contribution in [2.45, 2.75) is 13.0 Å². The van der Waals surface area contributed by atoms with Crippen molar-refractivity contribution >= 4 is 34.1 Å². The minimum Gasteiger partial charge on any atom is -0.509 e. The van der Waals surface area contributed by atoms with Crippen molar-refractivity contribution in [3.63, 3.8) is 0 Å². The zero-order valence-corrected chi connectivity index (χ0v) is 18.2. The number of rotatable bonds is 5. The van der Waals surface area contributed by atoms with Crippen LogP contribution in [-0.2, 0) is 0 Å². The number of ether oxygens (including phenoxy) is 1. The van der Waals surface area contributed by atoms with E-state index in [2.05, 4.69) is 0 Å². The van der Waals surface area contributed by atoms with E-state index in [1.54, 1.807) is 7.11 Å². The first-order valence-electron chi connectivity index (χ1n) is 9.59. The van der Waals surface area contributed by atoms with Gasteiger partial charge in [-0.25, -0.2) is 4.98 Å². The van der Waals surface area contributed by atoms with Crippen LogP contribution >= 0.6 is 11.3 Å². The average Bonchev–Trinajstić information content (AvgIpc) is 3.31. The first-order chi connectivity index (χ1) is 14.4. The third-order valence-electron chi connectivity index (χ3n) is 5.26. The van der Waals surface area contributed by atoms with Crippen LogP contribution in [0.1, 0.15) is 11.9 Å². The number of nitrogens with one attached hydrogen (secondary N) is 1. The maximum Gasteiger partial charge on any atom is 0.139 e. The molecule has 0 radical (unpaired) electrons. The Kier molecular flexibility index (Phi) is 5.22. The lowest BCUT2D eigenvalue weighted by molar-refractivity contribution is 0.384. The number of benzene rings is 2. The second-order valence-electron chi connectivity index (χ2n) is 7.33. The molecule has 4 rings (SSSR count). The van der Waals surface area contributed by atoms with E-state index in [1.165, 1.54) is 11.3 Å². The number of anilines is 2. The molecular weight excluding hydrogens is 396 g/mol. The molecule has 154 valence electrons. The standard InChI is InChI=1S/C23H24N4O2S/c1-14-21(28)20(22(24)27(14)17-9-7-16(8-10-17)26(2)3)23-25-19(13-30-23)15-5-11-18(29-4)12-6-15/h5-14,24,28H,1-4H3. The Morgan fingerprint density at radius 2 is 1.77 bits per heavy atom. The zero-order valence-electron chi connectivity index (χ0n) is 17.4. The lowest BCUT2D eigenvalue weighted by Crippen LogP contribution is -2.33. The molecule has 6 nitrogen and oxygen atoms in total. The molecule has 0 saturated carbocycles. The van der Waals surface area contributed by atoms with Gasteiger partial charge >= 0.3 is 0 Å². The van der Waals surface area contributed by atoms with Crippen molar-refractivity contribution in [1.29, 1.82) is 5.41 Å². The topological polar surface area (TPSA) is 72.7 Å². The Balaban J connectivity index is 1.63. The van der Waals surface area contributed by atoms with E-state index in [0.717, 1.165) is 28.4 Å². The molecule has 0 aliphatic carbocycles. The maximum atomic E-state index is 10.8. The first-order valence-corrected chi connectivity index (χ1v) is 10.5. The van der Waals surface area contributed by atoms with Crippen LogP contribution in [-0.4, -0.2) is 43.2 Å². The highest BCUT2D eigenvalue weighted by molar-refractivity contribution is 7.11. The van der Waals surface area contributed by atoms with Gasteiger partial charge in [-0.15, -0.1) is 11.3 Å². The summed E-state index contributed by atoms with van der Waals surface area (Å²) in [6.07, 6.45) is 0. The predicted octanol–water partition coefficient (Wildman–Crippen LogP) is 5.04. The highest BCUT2D eigenvalue weighted by Gasteiger charge is 2.37. The second-order valence-corrected chi connectivity index (χ2v) is 8.19. The fraction of sp³-hybridized carbons (Fsp3) is 0.217. The van der Waals surface area contributed by atoms with Crippen molar-refractivity contribution < 1.29 is 9.84 Å². The van der Waals surface area contributed by atoms with Gasteiger partial charge in [-0.05, 0) is 55.5 Å². The summed E-state index contributed by atoms with van der Waals surface area (Å²) in [6, 6.07) is 15.3. The monoisotopic (exact) mass is 420 g/mol. The predicted molar refractivity (Wildman–Crippen MR) is 124 cm³/mol. The summed E-state index contributed by atoms with van der Waals surface area (Å²) in [7, 11) is 5.62. The minimum atomic E-state index is -0.328. The van der Waals surface area contributed by atoms with E-state index >= 15 is 0 Å². The minimum absolute atomic E-state index is 0.173. The second kappa shape index (κ2) is 7.84. The van der Waals surface area contributed by atoms with E-state index in [1.807, 2.05) is 84.7 Å². The molecule has 7 heteroatoms. The van der Waals surface area contributed by atoms with Crippen LogP contribution in [0.25, 0.3) is 16.8 Å². The van der Waals surface area contributed by atoms with Crippen LogP contribution in [0.3, 0.4) is 0 Å². The van der Waals surface area contributed by atoms with Crippen molar-refractivity contribution in [3.05, 3.63) is 64.7 Å². The summed E-state index contributed by atoms with van der Waals surface area (Å²) in [5.41, 5.74) is 4.22.